The molecule has 2 atom stereocenters. The number of carbonyl (C=O) groups is 2. The SMILES string of the molecule is O=C1C[C@H](C(=O)NCc2ccc(Cl)cc2)[C@@H](c2ccc3c(c2)OCCO3)O1. The summed E-state index contributed by atoms with van der Waals surface area (Å²) in [5, 5.41) is 3.51. The summed E-state index contributed by atoms with van der Waals surface area (Å²) in [6, 6.07) is 12.6. The van der Waals surface area contributed by atoms with E-state index in [2.05, 4.69) is 5.32 Å². The van der Waals surface area contributed by atoms with Crippen LogP contribution < -0.4 is 14.8 Å². The summed E-state index contributed by atoms with van der Waals surface area (Å²) in [5.41, 5.74) is 1.64. The zero-order valence-electron chi connectivity index (χ0n) is 14.4. The van der Waals surface area contributed by atoms with Gasteiger partial charge in [-0.3, -0.25) is 9.59 Å². The second kappa shape index (κ2) is 7.48. The normalized spacial score (nSPS) is 20.9. The summed E-state index contributed by atoms with van der Waals surface area (Å²) in [6.45, 7) is 1.32. The fourth-order valence-corrected chi connectivity index (χ4v) is 3.37. The van der Waals surface area contributed by atoms with E-state index in [-0.39, 0.29) is 18.3 Å². The van der Waals surface area contributed by atoms with E-state index in [4.69, 9.17) is 25.8 Å². The van der Waals surface area contributed by atoms with Crippen LogP contribution in [0.15, 0.2) is 42.5 Å². The molecule has 2 aromatic rings. The quantitative estimate of drug-likeness (QED) is 0.816. The Labute approximate surface area is 161 Å². The van der Waals surface area contributed by atoms with Gasteiger partial charge in [-0.05, 0) is 35.4 Å². The van der Waals surface area contributed by atoms with Gasteiger partial charge in [0.25, 0.3) is 0 Å². The number of hydrogen-bond acceptors (Lipinski definition) is 5. The van der Waals surface area contributed by atoms with Crippen LogP contribution in [0, 0.1) is 5.92 Å². The van der Waals surface area contributed by atoms with Crippen LogP contribution in [-0.2, 0) is 20.9 Å². The lowest BCUT2D eigenvalue weighted by atomic mass is 9.94. The van der Waals surface area contributed by atoms with Crippen molar-refractivity contribution in [3.63, 3.8) is 0 Å². The van der Waals surface area contributed by atoms with E-state index in [0.29, 0.717) is 36.3 Å². The first-order chi connectivity index (χ1) is 13.1. The van der Waals surface area contributed by atoms with Crippen molar-refractivity contribution < 1.29 is 23.8 Å². The number of carbonyl (C=O) groups excluding carboxylic acids is 2. The molecule has 0 radical (unpaired) electrons. The maximum Gasteiger partial charge on any atom is 0.307 e. The number of ether oxygens (including phenoxy) is 3. The molecule has 4 rings (SSSR count). The summed E-state index contributed by atoms with van der Waals surface area (Å²) in [5.74, 6) is 0.0460. The molecule has 1 fully saturated rings. The molecule has 27 heavy (non-hydrogen) atoms. The van der Waals surface area contributed by atoms with E-state index < -0.39 is 12.0 Å². The van der Waals surface area contributed by atoms with E-state index in [1.807, 2.05) is 12.1 Å². The number of amides is 1. The van der Waals surface area contributed by atoms with Crippen LogP contribution in [0.3, 0.4) is 0 Å². The number of benzene rings is 2. The number of halogens is 1. The van der Waals surface area contributed by atoms with Gasteiger partial charge in [0.15, 0.2) is 11.5 Å². The standard InChI is InChI=1S/C20H18ClNO5/c21-14-4-1-12(2-5-14)11-22-20(24)15-10-18(23)27-19(15)13-3-6-16-17(9-13)26-8-7-25-16/h1-6,9,15,19H,7-8,10-11H2,(H,22,24)/t15-,19+/m0/s1. The van der Waals surface area contributed by atoms with E-state index in [9.17, 15) is 9.59 Å². The van der Waals surface area contributed by atoms with Gasteiger partial charge in [0, 0.05) is 11.6 Å². The Balaban J connectivity index is 1.48. The van der Waals surface area contributed by atoms with E-state index in [1.165, 1.54) is 0 Å². The first kappa shape index (κ1) is 17.7. The molecular formula is C20H18ClNO5. The zero-order valence-corrected chi connectivity index (χ0v) is 15.2. The molecule has 0 aromatic heterocycles. The minimum absolute atomic E-state index is 0.0472. The number of rotatable bonds is 4. The van der Waals surface area contributed by atoms with Gasteiger partial charge in [-0.1, -0.05) is 29.8 Å². The van der Waals surface area contributed by atoms with Crippen molar-refractivity contribution in [2.75, 3.05) is 13.2 Å². The predicted octanol–water partition coefficient (Wildman–Crippen LogP) is 3.03. The molecule has 0 unspecified atom stereocenters. The minimum Gasteiger partial charge on any atom is -0.486 e. The molecule has 7 heteroatoms. The highest BCUT2D eigenvalue weighted by molar-refractivity contribution is 6.30. The van der Waals surface area contributed by atoms with E-state index in [1.54, 1.807) is 30.3 Å². The van der Waals surface area contributed by atoms with Crippen molar-refractivity contribution in [2.45, 2.75) is 19.1 Å². The molecule has 0 aliphatic carbocycles. The Morgan fingerprint density at radius 1 is 1.07 bits per heavy atom. The van der Waals surface area contributed by atoms with Crippen LogP contribution >= 0.6 is 11.6 Å². The average Bonchev–Trinajstić information content (AvgIpc) is 3.09. The van der Waals surface area contributed by atoms with Gasteiger partial charge in [-0.25, -0.2) is 0 Å². The second-order valence-electron chi connectivity index (χ2n) is 6.47. The molecule has 2 heterocycles. The van der Waals surface area contributed by atoms with Crippen molar-refractivity contribution in [2.24, 2.45) is 5.92 Å². The van der Waals surface area contributed by atoms with Crippen LogP contribution in [0.25, 0.3) is 0 Å². The van der Waals surface area contributed by atoms with Crippen molar-refractivity contribution >= 4 is 23.5 Å². The van der Waals surface area contributed by atoms with Crippen LogP contribution in [0.5, 0.6) is 11.5 Å². The van der Waals surface area contributed by atoms with Gasteiger partial charge in [0.1, 0.15) is 19.3 Å². The molecule has 2 aliphatic rings. The van der Waals surface area contributed by atoms with Gasteiger partial charge in [0.2, 0.25) is 5.91 Å². The zero-order chi connectivity index (χ0) is 18.8. The van der Waals surface area contributed by atoms with Crippen LogP contribution in [0.2, 0.25) is 5.02 Å². The number of fused-ring (bicyclic) bond motifs is 1. The van der Waals surface area contributed by atoms with Crippen molar-refractivity contribution in [1.29, 1.82) is 0 Å². The lowest BCUT2D eigenvalue weighted by molar-refractivity contribution is -0.141. The molecule has 1 saturated heterocycles. The second-order valence-corrected chi connectivity index (χ2v) is 6.90. The van der Waals surface area contributed by atoms with Gasteiger partial charge < -0.3 is 19.5 Å². The molecular weight excluding hydrogens is 370 g/mol. The Kier molecular flexibility index (Phi) is 4.90. The summed E-state index contributed by atoms with van der Waals surface area (Å²) < 4.78 is 16.5. The molecule has 1 N–H and O–H groups in total. The van der Waals surface area contributed by atoms with Gasteiger partial charge in [-0.2, -0.15) is 0 Å². The molecule has 6 nitrogen and oxygen atoms in total. The van der Waals surface area contributed by atoms with Gasteiger partial charge >= 0.3 is 5.97 Å². The molecule has 2 aliphatic heterocycles. The fourth-order valence-electron chi connectivity index (χ4n) is 3.25. The van der Waals surface area contributed by atoms with Crippen LogP contribution in [-0.4, -0.2) is 25.1 Å². The van der Waals surface area contributed by atoms with Crippen molar-refractivity contribution in [3.8, 4) is 11.5 Å². The highest BCUT2D eigenvalue weighted by atomic mass is 35.5. The average molecular weight is 388 g/mol. The Morgan fingerprint density at radius 3 is 2.59 bits per heavy atom. The number of hydrogen-bond donors (Lipinski definition) is 1. The lowest BCUT2D eigenvalue weighted by Crippen LogP contribution is -2.32. The number of esters is 1. The van der Waals surface area contributed by atoms with Crippen LogP contribution in [0.4, 0.5) is 0 Å². The number of nitrogens with one attached hydrogen (secondary N) is 1. The van der Waals surface area contributed by atoms with Gasteiger partial charge in [-0.15, -0.1) is 0 Å². The molecule has 2 aromatic carbocycles. The Hall–Kier alpha value is -2.73. The maximum atomic E-state index is 12.7. The highest BCUT2D eigenvalue weighted by Crippen LogP contribution is 2.40. The molecule has 1 amide bonds. The van der Waals surface area contributed by atoms with E-state index >= 15 is 0 Å². The van der Waals surface area contributed by atoms with Gasteiger partial charge in [0.05, 0.1) is 12.3 Å². The molecule has 0 spiro atoms. The molecule has 0 saturated carbocycles. The predicted molar refractivity (Wildman–Crippen MR) is 97.7 cm³/mol. The fraction of sp³-hybridized carbons (Fsp3) is 0.300. The van der Waals surface area contributed by atoms with Crippen molar-refractivity contribution in [1.82, 2.24) is 5.32 Å². The highest BCUT2D eigenvalue weighted by Gasteiger charge is 2.41. The first-order valence-corrected chi connectivity index (χ1v) is 9.09. The lowest BCUT2D eigenvalue weighted by Gasteiger charge is -2.22. The third kappa shape index (κ3) is 3.85. The smallest absolute Gasteiger partial charge is 0.307 e. The minimum atomic E-state index is -0.640. The first-order valence-electron chi connectivity index (χ1n) is 8.71. The van der Waals surface area contributed by atoms with Crippen molar-refractivity contribution in [3.05, 3.63) is 58.6 Å². The summed E-state index contributed by atoms with van der Waals surface area (Å²) in [7, 11) is 0. The summed E-state index contributed by atoms with van der Waals surface area (Å²) in [6.07, 6.45) is -0.593. The molecule has 0 bridgehead atoms. The topological polar surface area (TPSA) is 73.9 Å². The Bertz CT molecular complexity index is 867. The number of cyclic esters (lactones) is 1. The third-order valence-electron chi connectivity index (χ3n) is 4.62. The Morgan fingerprint density at radius 2 is 1.81 bits per heavy atom. The van der Waals surface area contributed by atoms with E-state index in [0.717, 1.165) is 11.1 Å². The summed E-state index contributed by atoms with van der Waals surface area (Å²) in [4.78, 5) is 24.5. The van der Waals surface area contributed by atoms with Crippen LogP contribution in [0.1, 0.15) is 23.7 Å². The third-order valence-corrected chi connectivity index (χ3v) is 4.87. The monoisotopic (exact) mass is 387 g/mol. The largest absolute Gasteiger partial charge is 0.486 e. The molecule has 140 valence electrons. The maximum absolute atomic E-state index is 12.7. The summed E-state index contributed by atoms with van der Waals surface area (Å²) >= 11 is 5.87.